The summed E-state index contributed by atoms with van der Waals surface area (Å²) in [6.45, 7) is 2.90. The Morgan fingerprint density at radius 1 is 1.47 bits per heavy atom. The number of ketones is 1. The Morgan fingerprint density at radius 2 is 2.24 bits per heavy atom. The first-order chi connectivity index (χ1) is 8.11. The number of rotatable bonds is 2. The fraction of sp³-hybridized carbons (Fsp3) is 0.462. The number of Topliss-reactive ketones (excluding diaryl/α,β-unsaturated/α-hetero) is 1. The fourth-order valence-corrected chi connectivity index (χ4v) is 2.75. The average Bonchev–Trinajstić information content (AvgIpc) is 2.29. The summed E-state index contributed by atoms with van der Waals surface area (Å²) < 4.78 is 6.16. The number of anilines is 1. The van der Waals surface area contributed by atoms with E-state index in [-0.39, 0.29) is 6.04 Å². The van der Waals surface area contributed by atoms with E-state index in [4.69, 9.17) is 4.74 Å². The van der Waals surface area contributed by atoms with Gasteiger partial charge in [0.25, 0.3) is 0 Å². The molecule has 1 saturated heterocycles. The lowest BCUT2D eigenvalue weighted by Gasteiger charge is -2.34. The van der Waals surface area contributed by atoms with Crippen LogP contribution in [0.1, 0.15) is 19.8 Å². The van der Waals surface area contributed by atoms with Gasteiger partial charge in [0.15, 0.2) is 0 Å². The second-order valence-corrected chi connectivity index (χ2v) is 5.21. The largest absolute Gasteiger partial charge is 0.496 e. The summed E-state index contributed by atoms with van der Waals surface area (Å²) in [6.07, 6.45) is 1.29. The van der Waals surface area contributed by atoms with Crippen LogP contribution in [0.3, 0.4) is 0 Å². The van der Waals surface area contributed by atoms with E-state index in [1.807, 2.05) is 18.2 Å². The second kappa shape index (κ2) is 5.08. The number of methoxy groups -OCH3 is 1. The summed E-state index contributed by atoms with van der Waals surface area (Å²) in [7, 11) is 1.65. The number of benzene rings is 1. The minimum Gasteiger partial charge on any atom is -0.496 e. The predicted octanol–water partition coefficient (Wildman–Crippen LogP) is 3.02. The van der Waals surface area contributed by atoms with E-state index in [2.05, 4.69) is 27.8 Å². The van der Waals surface area contributed by atoms with Crippen LogP contribution in [0.2, 0.25) is 0 Å². The first-order valence-electron chi connectivity index (χ1n) is 5.73. The van der Waals surface area contributed by atoms with Gasteiger partial charge < -0.3 is 9.64 Å². The topological polar surface area (TPSA) is 29.5 Å². The molecule has 1 unspecified atom stereocenters. The van der Waals surface area contributed by atoms with Gasteiger partial charge in [-0.2, -0.15) is 0 Å². The van der Waals surface area contributed by atoms with Gasteiger partial charge in [0, 0.05) is 31.1 Å². The van der Waals surface area contributed by atoms with Crippen LogP contribution in [0.25, 0.3) is 0 Å². The average molecular weight is 298 g/mol. The third-order valence-corrected chi connectivity index (χ3v) is 3.77. The van der Waals surface area contributed by atoms with Gasteiger partial charge in [-0.1, -0.05) is 0 Å². The second-order valence-electron chi connectivity index (χ2n) is 4.35. The Bertz CT molecular complexity index is 433. The smallest absolute Gasteiger partial charge is 0.136 e. The highest BCUT2D eigenvalue weighted by Gasteiger charge is 2.23. The van der Waals surface area contributed by atoms with Crippen LogP contribution in [-0.2, 0) is 4.79 Å². The molecule has 1 aromatic rings. The van der Waals surface area contributed by atoms with E-state index in [1.54, 1.807) is 7.11 Å². The van der Waals surface area contributed by atoms with E-state index >= 15 is 0 Å². The molecule has 0 spiro atoms. The summed E-state index contributed by atoms with van der Waals surface area (Å²) >= 11 is 3.49. The van der Waals surface area contributed by atoms with E-state index in [0.29, 0.717) is 18.6 Å². The molecular formula is C13H16BrNO2. The van der Waals surface area contributed by atoms with Crippen molar-refractivity contribution in [3.63, 3.8) is 0 Å². The van der Waals surface area contributed by atoms with Crippen LogP contribution in [-0.4, -0.2) is 25.5 Å². The van der Waals surface area contributed by atoms with Gasteiger partial charge in [-0.25, -0.2) is 0 Å². The molecule has 1 atom stereocenters. The Balaban J connectivity index is 2.22. The van der Waals surface area contributed by atoms with Crippen molar-refractivity contribution in [2.45, 2.75) is 25.8 Å². The summed E-state index contributed by atoms with van der Waals surface area (Å²) in [5.74, 6) is 1.19. The van der Waals surface area contributed by atoms with Gasteiger partial charge in [-0.15, -0.1) is 0 Å². The summed E-state index contributed by atoms with van der Waals surface area (Å²) in [4.78, 5) is 13.6. The molecule has 1 heterocycles. The number of ether oxygens (including phenoxy) is 1. The Kier molecular flexibility index (Phi) is 3.72. The molecule has 0 N–H and O–H groups in total. The molecule has 4 heteroatoms. The molecule has 1 fully saturated rings. The number of halogens is 1. The number of hydrogen-bond acceptors (Lipinski definition) is 3. The molecule has 1 aliphatic heterocycles. The summed E-state index contributed by atoms with van der Waals surface area (Å²) in [5.41, 5.74) is 1.14. The van der Waals surface area contributed by atoms with Crippen molar-refractivity contribution in [3.8, 4) is 5.75 Å². The minimum absolute atomic E-state index is 0.275. The Labute approximate surface area is 110 Å². The lowest BCUT2D eigenvalue weighted by molar-refractivity contribution is -0.120. The van der Waals surface area contributed by atoms with Crippen molar-refractivity contribution in [1.82, 2.24) is 0 Å². The molecule has 0 aliphatic carbocycles. The molecule has 1 aromatic carbocycles. The third kappa shape index (κ3) is 2.63. The van der Waals surface area contributed by atoms with Gasteiger partial charge in [0.1, 0.15) is 11.5 Å². The first kappa shape index (κ1) is 12.4. The first-order valence-corrected chi connectivity index (χ1v) is 6.53. The number of nitrogens with zero attached hydrogens (tertiary/aromatic N) is 1. The highest BCUT2D eigenvalue weighted by atomic mass is 79.9. The van der Waals surface area contributed by atoms with E-state index in [1.165, 1.54) is 0 Å². The maximum atomic E-state index is 11.4. The van der Waals surface area contributed by atoms with Crippen molar-refractivity contribution < 1.29 is 9.53 Å². The fourth-order valence-electron chi connectivity index (χ4n) is 2.22. The maximum absolute atomic E-state index is 11.4. The van der Waals surface area contributed by atoms with Crippen LogP contribution >= 0.6 is 15.9 Å². The lowest BCUT2D eigenvalue weighted by atomic mass is 10.0. The van der Waals surface area contributed by atoms with Crippen LogP contribution < -0.4 is 9.64 Å². The Hall–Kier alpha value is -1.03. The zero-order valence-corrected chi connectivity index (χ0v) is 11.7. The number of carbonyl (C=O) groups is 1. The van der Waals surface area contributed by atoms with E-state index < -0.39 is 0 Å². The standard InChI is InChI=1S/C13H16BrNO2/c1-9-7-11(16)5-6-15(9)10-3-4-13(17-2)12(14)8-10/h3-4,8-9H,5-7H2,1-2H3. The predicted molar refractivity (Wildman–Crippen MR) is 71.7 cm³/mol. The van der Waals surface area contributed by atoms with Gasteiger partial charge >= 0.3 is 0 Å². The molecular weight excluding hydrogens is 282 g/mol. The molecule has 0 saturated carbocycles. The minimum atomic E-state index is 0.275. The lowest BCUT2D eigenvalue weighted by Crippen LogP contribution is -2.41. The van der Waals surface area contributed by atoms with Crippen molar-refractivity contribution in [2.75, 3.05) is 18.6 Å². The molecule has 3 nitrogen and oxygen atoms in total. The van der Waals surface area contributed by atoms with Crippen molar-refractivity contribution in [1.29, 1.82) is 0 Å². The molecule has 2 rings (SSSR count). The van der Waals surface area contributed by atoms with E-state index in [0.717, 1.165) is 22.5 Å². The SMILES string of the molecule is COc1ccc(N2CCC(=O)CC2C)cc1Br. The van der Waals surface area contributed by atoms with Crippen molar-refractivity contribution in [3.05, 3.63) is 22.7 Å². The monoisotopic (exact) mass is 297 g/mol. The molecule has 0 amide bonds. The number of hydrogen-bond donors (Lipinski definition) is 0. The maximum Gasteiger partial charge on any atom is 0.136 e. The van der Waals surface area contributed by atoms with Crippen LogP contribution in [0, 0.1) is 0 Å². The quantitative estimate of drug-likeness (QED) is 0.840. The normalized spacial score (nSPS) is 20.5. The molecule has 0 aromatic heterocycles. The van der Waals surface area contributed by atoms with Crippen LogP contribution in [0.5, 0.6) is 5.75 Å². The van der Waals surface area contributed by atoms with Crippen LogP contribution in [0.15, 0.2) is 22.7 Å². The van der Waals surface area contributed by atoms with E-state index in [9.17, 15) is 4.79 Å². The molecule has 1 aliphatic rings. The van der Waals surface area contributed by atoms with Crippen molar-refractivity contribution in [2.24, 2.45) is 0 Å². The molecule has 0 radical (unpaired) electrons. The van der Waals surface area contributed by atoms with Gasteiger partial charge in [0.05, 0.1) is 11.6 Å². The Morgan fingerprint density at radius 3 is 2.82 bits per heavy atom. The summed E-state index contributed by atoms with van der Waals surface area (Å²) in [6, 6.07) is 6.31. The zero-order valence-electron chi connectivity index (χ0n) is 10.1. The highest BCUT2D eigenvalue weighted by molar-refractivity contribution is 9.10. The molecule has 92 valence electrons. The van der Waals surface area contributed by atoms with Crippen LogP contribution in [0.4, 0.5) is 5.69 Å². The van der Waals surface area contributed by atoms with Crippen molar-refractivity contribution >= 4 is 27.4 Å². The number of piperidine rings is 1. The van der Waals surface area contributed by atoms with Gasteiger partial charge in [-0.3, -0.25) is 4.79 Å². The highest BCUT2D eigenvalue weighted by Crippen LogP contribution is 2.31. The zero-order chi connectivity index (χ0) is 12.4. The summed E-state index contributed by atoms with van der Waals surface area (Å²) in [5, 5.41) is 0. The number of carbonyl (C=O) groups excluding carboxylic acids is 1. The van der Waals surface area contributed by atoms with Gasteiger partial charge in [-0.05, 0) is 41.1 Å². The molecule has 0 bridgehead atoms. The third-order valence-electron chi connectivity index (χ3n) is 3.15. The molecule has 17 heavy (non-hydrogen) atoms. The van der Waals surface area contributed by atoms with Gasteiger partial charge in [0.2, 0.25) is 0 Å².